The molecule has 4 rings (SSSR count). The van der Waals surface area contributed by atoms with E-state index in [0.717, 1.165) is 21.8 Å². The third-order valence-electron chi connectivity index (χ3n) is 5.74. The molecular weight excluding hydrogens is 422 g/mol. The summed E-state index contributed by atoms with van der Waals surface area (Å²) in [6, 6.07) is 12.1. The van der Waals surface area contributed by atoms with E-state index in [0.29, 0.717) is 55.8 Å². The molecule has 32 heavy (non-hydrogen) atoms. The van der Waals surface area contributed by atoms with Crippen molar-refractivity contribution in [2.24, 2.45) is 7.05 Å². The Hall–Kier alpha value is -3.44. The van der Waals surface area contributed by atoms with Crippen LogP contribution in [0.4, 0.5) is 5.00 Å². The van der Waals surface area contributed by atoms with Crippen LogP contribution < -0.4 is 5.32 Å². The van der Waals surface area contributed by atoms with Crippen molar-refractivity contribution in [2.45, 2.75) is 38.6 Å². The lowest BCUT2D eigenvalue weighted by Crippen LogP contribution is -2.35. The normalized spacial score (nSPS) is 12.8. The molecule has 0 radical (unpaired) electrons. The largest absolute Gasteiger partial charge is 0.338 e. The first-order chi connectivity index (χ1) is 15.5. The number of anilines is 1. The predicted molar refractivity (Wildman–Crippen MR) is 123 cm³/mol. The molecule has 3 aromatic rings. The van der Waals surface area contributed by atoms with Gasteiger partial charge in [-0.2, -0.15) is 5.26 Å². The molecule has 0 unspecified atom stereocenters. The fraction of sp³-hybridized carbons (Fsp3) is 0.333. The Morgan fingerprint density at radius 3 is 2.75 bits per heavy atom. The molecule has 0 atom stereocenters. The van der Waals surface area contributed by atoms with Gasteiger partial charge in [0, 0.05) is 50.1 Å². The summed E-state index contributed by atoms with van der Waals surface area (Å²) >= 11 is 1.41. The smallest absolute Gasteiger partial charge is 0.225 e. The lowest BCUT2D eigenvalue weighted by molar-refractivity contribution is -0.132. The standard InChI is InChI=1S/C24H25N5O2S/c1-28-14-12-26-21(28)8-10-23(31)29-13-11-18-19(15-25)24(32-20(18)16-29)27-22(30)9-7-17-5-3-2-4-6-17/h2-6,12,14H,7-11,13,16H2,1H3,(H,27,30). The van der Waals surface area contributed by atoms with E-state index in [4.69, 9.17) is 0 Å². The van der Waals surface area contributed by atoms with Crippen LogP contribution in [0, 0.1) is 11.3 Å². The number of hydrogen-bond donors (Lipinski definition) is 1. The predicted octanol–water partition coefficient (Wildman–Crippen LogP) is 3.44. The number of aryl methyl sites for hydroxylation is 3. The zero-order chi connectivity index (χ0) is 22.5. The van der Waals surface area contributed by atoms with Gasteiger partial charge < -0.3 is 14.8 Å². The van der Waals surface area contributed by atoms with E-state index in [2.05, 4.69) is 16.4 Å². The van der Waals surface area contributed by atoms with Crippen LogP contribution >= 0.6 is 11.3 Å². The second kappa shape index (κ2) is 9.79. The SMILES string of the molecule is Cn1ccnc1CCC(=O)N1CCc2c(sc(NC(=O)CCc3ccccc3)c2C#N)C1. The molecule has 8 heteroatoms. The minimum atomic E-state index is -0.105. The monoisotopic (exact) mass is 447 g/mol. The van der Waals surface area contributed by atoms with E-state index in [1.807, 2.05) is 53.0 Å². The number of fused-ring (bicyclic) bond motifs is 1. The highest BCUT2D eigenvalue weighted by Gasteiger charge is 2.27. The number of amides is 2. The molecule has 0 bridgehead atoms. The summed E-state index contributed by atoms with van der Waals surface area (Å²) in [5.74, 6) is 0.866. The zero-order valence-corrected chi connectivity index (χ0v) is 18.8. The number of imidazole rings is 1. The highest BCUT2D eigenvalue weighted by molar-refractivity contribution is 7.16. The Balaban J connectivity index is 1.37. The van der Waals surface area contributed by atoms with Gasteiger partial charge in [0.2, 0.25) is 11.8 Å². The van der Waals surface area contributed by atoms with Gasteiger partial charge in [-0.15, -0.1) is 11.3 Å². The maximum absolute atomic E-state index is 12.7. The fourth-order valence-electron chi connectivity index (χ4n) is 3.93. The Morgan fingerprint density at radius 1 is 1.22 bits per heavy atom. The van der Waals surface area contributed by atoms with Crippen molar-refractivity contribution in [1.29, 1.82) is 5.26 Å². The molecular formula is C24H25N5O2S. The van der Waals surface area contributed by atoms with Crippen LogP contribution in [0.5, 0.6) is 0 Å². The molecule has 2 aromatic heterocycles. The second-order valence-electron chi connectivity index (χ2n) is 7.87. The first-order valence-corrected chi connectivity index (χ1v) is 11.5. The Bertz CT molecular complexity index is 1160. The molecule has 2 amide bonds. The Kier molecular flexibility index (Phi) is 6.66. The molecule has 0 aliphatic carbocycles. The van der Waals surface area contributed by atoms with E-state index in [1.54, 1.807) is 6.20 Å². The maximum atomic E-state index is 12.7. The summed E-state index contributed by atoms with van der Waals surface area (Å²) in [7, 11) is 1.92. The maximum Gasteiger partial charge on any atom is 0.225 e. The number of thiophene rings is 1. The molecule has 7 nitrogen and oxygen atoms in total. The van der Waals surface area contributed by atoms with Crippen LogP contribution in [-0.2, 0) is 42.4 Å². The van der Waals surface area contributed by atoms with Gasteiger partial charge in [-0.1, -0.05) is 30.3 Å². The molecule has 1 aromatic carbocycles. The average Bonchev–Trinajstić information content (AvgIpc) is 3.38. The highest BCUT2D eigenvalue weighted by atomic mass is 32.1. The van der Waals surface area contributed by atoms with Gasteiger partial charge in [0.15, 0.2) is 0 Å². The van der Waals surface area contributed by atoms with Gasteiger partial charge in [-0.05, 0) is 24.0 Å². The number of nitrogens with one attached hydrogen (secondary N) is 1. The molecule has 0 saturated heterocycles. The zero-order valence-electron chi connectivity index (χ0n) is 18.0. The summed E-state index contributed by atoms with van der Waals surface area (Å²) in [6.07, 6.45) is 6.24. The number of nitriles is 1. The van der Waals surface area contributed by atoms with Crippen molar-refractivity contribution >= 4 is 28.2 Å². The van der Waals surface area contributed by atoms with Crippen LogP contribution in [0.2, 0.25) is 0 Å². The summed E-state index contributed by atoms with van der Waals surface area (Å²) in [5, 5.41) is 13.2. The van der Waals surface area contributed by atoms with E-state index in [-0.39, 0.29) is 11.8 Å². The molecule has 1 N–H and O–H groups in total. The van der Waals surface area contributed by atoms with Gasteiger partial charge in [0.1, 0.15) is 16.9 Å². The highest BCUT2D eigenvalue weighted by Crippen LogP contribution is 2.37. The van der Waals surface area contributed by atoms with Crippen LogP contribution in [0.25, 0.3) is 0 Å². The minimum absolute atomic E-state index is 0.0824. The number of rotatable bonds is 7. The number of benzene rings is 1. The van der Waals surface area contributed by atoms with Crippen molar-refractivity contribution in [2.75, 3.05) is 11.9 Å². The molecule has 3 heterocycles. The summed E-state index contributed by atoms with van der Waals surface area (Å²) < 4.78 is 1.92. The molecule has 0 spiro atoms. The summed E-state index contributed by atoms with van der Waals surface area (Å²) in [5.41, 5.74) is 2.61. The molecule has 0 saturated carbocycles. The first-order valence-electron chi connectivity index (χ1n) is 10.7. The Labute approximate surface area is 191 Å². The van der Waals surface area contributed by atoms with Crippen LogP contribution in [0.3, 0.4) is 0 Å². The number of nitrogens with zero attached hydrogens (tertiary/aromatic N) is 4. The van der Waals surface area contributed by atoms with E-state index < -0.39 is 0 Å². The Morgan fingerprint density at radius 2 is 2.03 bits per heavy atom. The number of hydrogen-bond acceptors (Lipinski definition) is 5. The number of carbonyl (C=O) groups excluding carboxylic acids is 2. The third kappa shape index (κ3) is 4.89. The van der Waals surface area contributed by atoms with Gasteiger partial charge in [-0.3, -0.25) is 9.59 Å². The second-order valence-corrected chi connectivity index (χ2v) is 8.98. The molecule has 164 valence electrons. The van der Waals surface area contributed by atoms with Crippen molar-refractivity contribution in [3.05, 3.63) is 70.1 Å². The molecule has 1 aliphatic heterocycles. The van der Waals surface area contributed by atoms with Crippen molar-refractivity contribution < 1.29 is 9.59 Å². The lowest BCUT2D eigenvalue weighted by Gasteiger charge is -2.27. The lowest BCUT2D eigenvalue weighted by atomic mass is 10.0. The van der Waals surface area contributed by atoms with E-state index in [1.165, 1.54) is 11.3 Å². The van der Waals surface area contributed by atoms with Crippen LogP contribution in [-0.4, -0.2) is 32.8 Å². The van der Waals surface area contributed by atoms with Crippen molar-refractivity contribution in [3.63, 3.8) is 0 Å². The van der Waals surface area contributed by atoms with Crippen molar-refractivity contribution in [1.82, 2.24) is 14.5 Å². The summed E-state index contributed by atoms with van der Waals surface area (Å²) in [6.45, 7) is 1.06. The van der Waals surface area contributed by atoms with Gasteiger partial charge in [0.25, 0.3) is 0 Å². The van der Waals surface area contributed by atoms with Crippen molar-refractivity contribution in [3.8, 4) is 6.07 Å². The average molecular weight is 448 g/mol. The fourth-order valence-corrected chi connectivity index (χ4v) is 5.16. The minimum Gasteiger partial charge on any atom is -0.338 e. The first kappa shape index (κ1) is 21.8. The van der Waals surface area contributed by atoms with E-state index in [9.17, 15) is 14.9 Å². The summed E-state index contributed by atoms with van der Waals surface area (Å²) in [4.78, 5) is 32.3. The molecule has 1 aliphatic rings. The van der Waals surface area contributed by atoms with Gasteiger partial charge in [-0.25, -0.2) is 4.98 Å². The molecule has 0 fully saturated rings. The third-order valence-corrected chi connectivity index (χ3v) is 6.87. The number of carbonyl (C=O) groups is 2. The van der Waals surface area contributed by atoms with Gasteiger partial charge >= 0.3 is 0 Å². The van der Waals surface area contributed by atoms with Crippen LogP contribution in [0.15, 0.2) is 42.7 Å². The van der Waals surface area contributed by atoms with E-state index >= 15 is 0 Å². The van der Waals surface area contributed by atoms with Gasteiger partial charge in [0.05, 0.1) is 12.1 Å². The quantitative estimate of drug-likeness (QED) is 0.601. The topological polar surface area (TPSA) is 91.0 Å². The number of aromatic nitrogens is 2. The van der Waals surface area contributed by atoms with Crippen LogP contribution in [0.1, 0.15) is 40.2 Å².